The third-order valence-corrected chi connectivity index (χ3v) is 4.07. The van der Waals surface area contributed by atoms with Crippen LogP contribution in [0.25, 0.3) is 0 Å². The van der Waals surface area contributed by atoms with E-state index in [-0.39, 0.29) is 18.1 Å². The second-order valence-corrected chi connectivity index (χ2v) is 5.90. The van der Waals surface area contributed by atoms with Crippen LogP contribution in [-0.4, -0.2) is 5.91 Å². The van der Waals surface area contributed by atoms with E-state index in [2.05, 4.69) is 5.32 Å². The zero-order valence-corrected chi connectivity index (χ0v) is 14.4. The Morgan fingerprint density at radius 1 is 1.19 bits per heavy atom. The minimum absolute atomic E-state index is 0.0718. The average molecular weight is 378 g/mol. The maximum absolute atomic E-state index is 13.5. The van der Waals surface area contributed by atoms with E-state index in [0.29, 0.717) is 16.5 Å². The molecule has 0 radical (unpaired) electrons. The van der Waals surface area contributed by atoms with Crippen LogP contribution < -0.4 is 10.1 Å². The van der Waals surface area contributed by atoms with Crippen LogP contribution in [0.2, 0.25) is 5.02 Å². The number of rotatable bonds is 5. The Bertz CT molecular complexity index is 956. The number of hydrogen-bond donors (Lipinski definition) is 1. The fourth-order valence-corrected chi connectivity index (χ4v) is 2.42. The molecular formula is C19H14ClF2NO3. The van der Waals surface area contributed by atoms with E-state index in [1.807, 2.05) is 0 Å². The molecule has 1 N–H and O–H groups in total. The molecule has 0 aliphatic rings. The van der Waals surface area contributed by atoms with Gasteiger partial charge in [0.05, 0.1) is 0 Å². The van der Waals surface area contributed by atoms with Crippen LogP contribution in [0, 0.1) is 18.6 Å². The first kappa shape index (κ1) is 17.9. The number of ether oxygens (including phenoxy) is 1. The molecule has 26 heavy (non-hydrogen) atoms. The lowest BCUT2D eigenvalue weighted by molar-refractivity contribution is 0.0992. The summed E-state index contributed by atoms with van der Waals surface area (Å²) in [5.41, 5.74) is 1.31. The maximum Gasteiger partial charge on any atom is 0.291 e. The molecule has 7 heteroatoms. The lowest BCUT2D eigenvalue weighted by Gasteiger charge is -2.08. The van der Waals surface area contributed by atoms with E-state index >= 15 is 0 Å². The van der Waals surface area contributed by atoms with E-state index in [4.69, 9.17) is 20.8 Å². The zero-order valence-electron chi connectivity index (χ0n) is 13.7. The topological polar surface area (TPSA) is 51.5 Å². The summed E-state index contributed by atoms with van der Waals surface area (Å²) in [6.45, 7) is 1.68. The first-order valence-electron chi connectivity index (χ1n) is 7.67. The SMILES string of the molecule is Cc1c(Cl)cccc1NC(=O)c1ccc(COc2ccc(F)cc2F)o1. The van der Waals surface area contributed by atoms with E-state index in [1.165, 1.54) is 12.1 Å². The van der Waals surface area contributed by atoms with Crippen molar-refractivity contribution in [3.05, 3.63) is 82.3 Å². The van der Waals surface area contributed by atoms with Crippen LogP contribution in [0.4, 0.5) is 14.5 Å². The monoisotopic (exact) mass is 377 g/mol. The molecule has 1 heterocycles. The molecule has 0 unspecified atom stereocenters. The summed E-state index contributed by atoms with van der Waals surface area (Å²) in [6, 6.07) is 11.2. The third kappa shape index (κ3) is 4.03. The van der Waals surface area contributed by atoms with Crippen LogP contribution in [0.1, 0.15) is 21.9 Å². The lowest BCUT2D eigenvalue weighted by atomic mass is 10.2. The molecule has 0 saturated heterocycles. The van der Waals surface area contributed by atoms with E-state index in [0.717, 1.165) is 17.7 Å². The van der Waals surface area contributed by atoms with Crippen molar-refractivity contribution in [1.82, 2.24) is 0 Å². The molecule has 3 rings (SSSR count). The van der Waals surface area contributed by atoms with Gasteiger partial charge in [0.1, 0.15) is 18.2 Å². The fraction of sp³-hybridized carbons (Fsp3) is 0.105. The van der Waals surface area contributed by atoms with E-state index in [1.54, 1.807) is 31.2 Å². The Labute approximate surface area is 153 Å². The summed E-state index contributed by atoms with van der Waals surface area (Å²) in [4.78, 5) is 12.3. The van der Waals surface area contributed by atoms with Gasteiger partial charge in [-0.1, -0.05) is 17.7 Å². The number of carbonyl (C=O) groups is 1. The summed E-state index contributed by atoms with van der Waals surface area (Å²) in [6.07, 6.45) is 0. The van der Waals surface area contributed by atoms with Gasteiger partial charge in [0.25, 0.3) is 5.91 Å². The molecular weight excluding hydrogens is 364 g/mol. The average Bonchev–Trinajstić information content (AvgIpc) is 3.07. The number of hydrogen-bond acceptors (Lipinski definition) is 3. The van der Waals surface area contributed by atoms with Crippen molar-refractivity contribution < 1.29 is 22.7 Å². The summed E-state index contributed by atoms with van der Waals surface area (Å²) in [5.74, 6) is -1.67. The third-order valence-electron chi connectivity index (χ3n) is 3.67. The Morgan fingerprint density at radius 2 is 2.00 bits per heavy atom. The van der Waals surface area contributed by atoms with Crippen LogP contribution in [0.5, 0.6) is 5.75 Å². The van der Waals surface area contributed by atoms with Crippen molar-refractivity contribution in [3.63, 3.8) is 0 Å². The Balaban J connectivity index is 1.65. The number of furan rings is 1. The first-order valence-corrected chi connectivity index (χ1v) is 8.05. The highest BCUT2D eigenvalue weighted by Crippen LogP contribution is 2.24. The number of carbonyl (C=O) groups excluding carboxylic acids is 1. The van der Waals surface area contributed by atoms with Gasteiger partial charge < -0.3 is 14.5 Å². The molecule has 0 aliphatic heterocycles. The fourth-order valence-electron chi connectivity index (χ4n) is 2.25. The number of benzene rings is 2. The van der Waals surface area contributed by atoms with Gasteiger partial charge in [-0.05, 0) is 48.9 Å². The molecule has 1 aromatic heterocycles. The second-order valence-electron chi connectivity index (χ2n) is 5.50. The number of halogens is 3. The molecule has 134 valence electrons. The quantitative estimate of drug-likeness (QED) is 0.652. The highest BCUT2D eigenvalue weighted by atomic mass is 35.5. The molecule has 0 fully saturated rings. The molecule has 0 saturated carbocycles. The number of anilines is 1. The normalized spacial score (nSPS) is 10.6. The van der Waals surface area contributed by atoms with Crippen LogP contribution in [0.15, 0.2) is 52.9 Å². The van der Waals surface area contributed by atoms with Crippen molar-refractivity contribution in [2.75, 3.05) is 5.32 Å². The maximum atomic E-state index is 13.5. The van der Waals surface area contributed by atoms with Gasteiger partial charge in [-0.3, -0.25) is 4.79 Å². The molecule has 3 aromatic rings. The van der Waals surface area contributed by atoms with Crippen molar-refractivity contribution in [2.45, 2.75) is 13.5 Å². The van der Waals surface area contributed by atoms with E-state index in [9.17, 15) is 13.6 Å². The zero-order chi connectivity index (χ0) is 18.7. The Kier molecular flexibility index (Phi) is 5.23. The van der Waals surface area contributed by atoms with Crippen molar-refractivity contribution in [2.24, 2.45) is 0 Å². The van der Waals surface area contributed by atoms with Crippen LogP contribution in [-0.2, 0) is 6.61 Å². The summed E-state index contributed by atoms with van der Waals surface area (Å²) in [5, 5.41) is 3.25. The van der Waals surface area contributed by atoms with Crippen molar-refractivity contribution in [3.8, 4) is 5.75 Å². The number of nitrogens with one attached hydrogen (secondary N) is 1. The summed E-state index contributed by atoms with van der Waals surface area (Å²) < 4.78 is 37.0. The van der Waals surface area contributed by atoms with Gasteiger partial charge >= 0.3 is 0 Å². The Morgan fingerprint density at radius 3 is 2.77 bits per heavy atom. The first-order chi connectivity index (χ1) is 12.4. The van der Waals surface area contributed by atoms with Gasteiger partial charge in [0.2, 0.25) is 0 Å². The lowest BCUT2D eigenvalue weighted by Crippen LogP contribution is -2.12. The highest BCUT2D eigenvalue weighted by molar-refractivity contribution is 6.31. The van der Waals surface area contributed by atoms with Crippen molar-refractivity contribution in [1.29, 1.82) is 0 Å². The smallest absolute Gasteiger partial charge is 0.291 e. The largest absolute Gasteiger partial charge is 0.483 e. The van der Waals surface area contributed by atoms with Gasteiger partial charge in [-0.15, -0.1) is 0 Å². The molecule has 0 atom stereocenters. The predicted octanol–water partition coefficient (Wildman–Crippen LogP) is 5.35. The van der Waals surface area contributed by atoms with Crippen molar-refractivity contribution >= 4 is 23.2 Å². The molecule has 0 aliphatic carbocycles. The minimum atomic E-state index is -0.814. The summed E-state index contributed by atoms with van der Waals surface area (Å²) >= 11 is 6.02. The number of amides is 1. The predicted molar refractivity (Wildman–Crippen MR) is 93.5 cm³/mol. The standard InChI is InChI=1S/C19H14ClF2NO3/c1-11-14(20)3-2-4-16(11)23-19(24)18-8-6-13(26-18)10-25-17-7-5-12(21)9-15(17)22/h2-9H,10H2,1H3,(H,23,24). The van der Waals surface area contributed by atoms with Gasteiger partial charge in [0.15, 0.2) is 17.3 Å². The summed E-state index contributed by atoms with van der Waals surface area (Å²) in [7, 11) is 0. The van der Waals surface area contributed by atoms with Gasteiger partial charge in [-0.25, -0.2) is 8.78 Å². The molecule has 0 spiro atoms. The molecule has 0 bridgehead atoms. The van der Waals surface area contributed by atoms with E-state index < -0.39 is 17.5 Å². The van der Waals surface area contributed by atoms with Gasteiger partial charge in [-0.2, -0.15) is 0 Å². The van der Waals surface area contributed by atoms with Gasteiger partial charge in [0, 0.05) is 16.8 Å². The second kappa shape index (κ2) is 7.58. The molecule has 4 nitrogen and oxygen atoms in total. The minimum Gasteiger partial charge on any atom is -0.483 e. The highest BCUT2D eigenvalue weighted by Gasteiger charge is 2.14. The van der Waals surface area contributed by atoms with Crippen LogP contribution in [0.3, 0.4) is 0 Å². The molecule has 2 aromatic carbocycles. The van der Waals surface area contributed by atoms with Crippen LogP contribution >= 0.6 is 11.6 Å². The Hall–Kier alpha value is -2.86. The molecule has 1 amide bonds.